The molecule has 0 bridgehead atoms. The van der Waals surface area contributed by atoms with Crippen molar-refractivity contribution in [3.05, 3.63) is 59.7 Å². The van der Waals surface area contributed by atoms with Gasteiger partial charge in [0, 0.05) is 18.5 Å². The number of nitrogens with two attached hydrogens (primary N) is 1. The molecule has 0 saturated heterocycles. The van der Waals surface area contributed by atoms with Gasteiger partial charge in [-0.3, -0.25) is 9.79 Å². The summed E-state index contributed by atoms with van der Waals surface area (Å²) in [7, 11) is 0. The highest BCUT2D eigenvalue weighted by Gasteiger charge is 2.21. The zero-order chi connectivity index (χ0) is 21.2. The van der Waals surface area contributed by atoms with Crippen LogP contribution < -0.4 is 11.1 Å². The first-order chi connectivity index (χ1) is 13.9. The third kappa shape index (κ3) is 7.23. The summed E-state index contributed by atoms with van der Waals surface area (Å²) >= 11 is 0. The van der Waals surface area contributed by atoms with Gasteiger partial charge in [-0.05, 0) is 42.8 Å². The lowest BCUT2D eigenvalue weighted by Crippen LogP contribution is -2.21. The number of hydrogen-bond acceptors (Lipinski definition) is 6. The summed E-state index contributed by atoms with van der Waals surface area (Å²) in [6.07, 6.45) is -0.868. The average molecular weight is 405 g/mol. The Kier molecular flexibility index (Phi) is 8.12. The van der Waals surface area contributed by atoms with Gasteiger partial charge in [0.1, 0.15) is 36.1 Å². The van der Waals surface area contributed by atoms with Crippen molar-refractivity contribution in [3.63, 3.8) is 0 Å². The quantitative estimate of drug-likeness (QED) is 0.815. The van der Waals surface area contributed by atoms with Gasteiger partial charge in [0.2, 0.25) is 0 Å². The Bertz CT molecular complexity index is 880. The SMILES string of the molecule is N#Cc1ccc(C(=O)Nc2ccc(F)cc2)nc1.NC1=NC(C(F)F)CCOC1. The second-order valence-corrected chi connectivity index (χ2v) is 5.87. The maximum atomic E-state index is 12.7. The molecule has 0 saturated carbocycles. The molecule has 1 aliphatic rings. The van der Waals surface area contributed by atoms with Crippen molar-refractivity contribution in [2.45, 2.75) is 18.9 Å². The van der Waals surface area contributed by atoms with Crippen molar-refractivity contribution in [1.82, 2.24) is 4.98 Å². The molecule has 1 aromatic heterocycles. The fraction of sp³-hybridized carbons (Fsp3) is 0.263. The summed E-state index contributed by atoms with van der Waals surface area (Å²) < 4.78 is 41.7. The fourth-order valence-electron chi connectivity index (χ4n) is 2.20. The number of carbonyl (C=O) groups is 1. The van der Waals surface area contributed by atoms with Crippen LogP contribution in [0.25, 0.3) is 0 Å². The lowest BCUT2D eigenvalue weighted by Gasteiger charge is -2.07. The highest BCUT2D eigenvalue weighted by Crippen LogP contribution is 2.12. The van der Waals surface area contributed by atoms with E-state index in [0.717, 1.165) is 0 Å². The molecule has 0 spiro atoms. The zero-order valence-electron chi connectivity index (χ0n) is 15.2. The number of nitrogens with one attached hydrogen (secondary N) is 1. The number of anilines is 1. The number of nitrogens with zero attached hydrogens (tertiary/aromatic N) is 3. The highest BCUT2D eigenvalue weighted by atomic mass is 19.3. The Hall–Kier alpha value is -3.45. The molecule has 7 nitrogen and oxygen atoms in total. The van der Waals surface area contributed by atoms with Crippen LogP contribution in [0.4, 0.5) is 18.9 Å². The molecule has 1 atom stereocenters. The van der Waals surface area contributed by atoms with Gasteiger partial charge in [-0.1, -0.05) is 0 Å². The summed E-state index contributed by atoms with van der Waals surface area (Å²) in [5.41, 5.74) is 6.31. The topological polar surface area (TPSA) is 113 Å². The first-order valence-electron chi connectivity index (χ1n) is 8.50. The zero-order valence-corrected chi connectivity index (χ0v) is 15.2. The number of hydrogen-bond donors (Lipinski definition) is 2. The van der Waals surface area contributed by atoms with E-state index in [1.807, 2.05) is 6.07 Å². The molecule has 0 fully saturated rings. The third-order valence-electron chi connectivity index (χ3n) is 3.66. The molecule has 29 heavy (non-hydrogen) atoms. The van der Waals surface area contributed by atoms with Crippen LogP contribution in [-0.4, -0.2) is 42.4 Å². The molecule has 2 aromatic rings. The van der Waals surface area contributed by atoms with Crippen LogP contribution in [0.15, 0.2) is 47.6 Å². The van der Waals surface area contributed by atoms with E-state index in [1.165, 1.54) is 42.6 Å². The molecule has 3 rings (SSSR count). The van der Waals surface area contributed by atoms with Gasteiger partial charge in [0.25, 0.3) is 12.3 Å². The monoisotopic (exact) mass is 405 g/mol. The number of ether oxygens (including phenoxy) is 1. The van der Waals surface area contributed by atoms with E-state index in [0.29, 0.717) is 17.9 Å². The van der Waals surface area contributed by atoms with E-state index in [4.69, 9.17) is 15.7 Å². The predicted octanol–water partition coefficient (Wildman–Crippen LogP) is 2.74. The Morgan fingerprint density at radius 1 is 1.28 bits per heavy atom. The van der Waals surface area contributed by atoms with Gasteiger partial charge in [-0.15, -0.1) is 0 Å². The van der Waals surface area contributed by atoms with Gasteiger partial charge in [-0.25, -0.2) is 18.2 Å². The first kappa shape index (κ1) is 21.8. The van der Waals surface area contributed by atoms with Crippen LogP contribution >= 0.6 is 0 Å². The van der Waals surface area contributed by atoms with Gasteiger partial charge in [0.05, 0.1) is 5.56 Å². The van der Waals surface area contributed by atoms with Crippen molar-refractivity contribution < 1.29 is 22.7 Å². The van der Waals surface area contributed by atoms with Gasteiger partial charge in [-0.2, -0.15) is 5.26 Å². The molecular weight excluding hydrogens is 387 g/mol. The van der Waals surface area contributed by atoms with E-state index in [9.17, 15) is 18.0 Å². The lowest BCUT2D eigenvalue weighted by atomic mass is 10.2. The minimum Gasteiger partial charge on any atom is -0.386 e. The fourth-order valence-corrected chi connectivity index (χ4v) is 2.20. The van der Waals surface area contributed by atoms with E-state index >= 15 is 0 Å². The Morgan fingerprint density at radius 3 is 2.59 bits per heavy atom. The second-order valence-electron chi connectivity index (χ2n) is 5.87. The van der Waals surface area contributed by atoms with E-state index in [2.05, 4.69) is 15.3 Å². The molecule has 152 valence electrons. The summed E-state index contributed by atoms with van der Waals surface area (Å²) in [6.45, 7) is 0.475. The molecule has 2 heterocycles. The summed E-state index contributed by atoms with van der Waals surface area (Å²) in [4.78, 5) is 19.2. The summed E-state index contributed by atoms with van der Waals surface area (Å²) in [5, 5.41) is 11.2. The maximum Gasteiger partial charge on any atom is 0.274 e. The third-order valence-corrected chi connectivity index (χ3v) is 3.66. The van der Waals surface area contributed by atoms with Gasteiger partial charge < -0.3 is 15.8 Å². The van der Waals surface area contributed by atoms with Crippen LogP contribution in [-0.2, 0) is 4.74 Å². The number of benzene rings is 1. The number of rotatable bonds is 3. The summed E-state index contributed by atoms with van der Waals surface area (Å²) in [6, 6.07) is 9.31. The van der Waals surface area contributed by atoms with E-state index in [1.54, 1.807) is 0 Å². The Labute approximate surface area is 165 Å². The molecular formula is C19H18F3N5O2. The van der Waals surface area contributed by atoms with Crippen molar-refractivity contribution in [3.8, 4) is 6.07 Å². The number of aromatic nitrogens is 1. The maximum absolute atomic E-state index is 12.7. The Balaban J connectivity index is 0.000000234. The van der Waals surface area contributed by atoms with Gasteiger partial charge >= 0.3 is 0 Å². The van der Waals surface area contributed by atoms with Crippen LogP contribution in [0.3, 0.4) is 0 Å². The predicted molar refractivity (Wildman–Crippen MR) is 100 cm³/mol. The van der Waals surface area contributed by atoms with Crippen LogP contribution in [0.5, 0.6) is 0 Å². The Morgan fingerprint density at radius 2 is 2.00 bits per heavy atom. The molecule has 1 unspecified atom stereocenters. The average Bonchev–Trinajstić information content (AvgIpc) is 2.95. The normalized spacial score (nSPS) is 16.0. The number of carbonyl (C=O) groups excluding carboxylic acids is 1. The van der Waals surface area contributed by atoms with E-state index in [-0.39, 0.29) is 30.4 Å². The second kappa shape index (κ2) is 10.8. The van der Waals surface area contributed by atoms with Gasteiger partial charge in [0.15, 0.2) is 0 Å². The van der Waals surface area contributed by atoms with Crippen molar-refractivity contribution >= 4 is 17.4 Å². The number of nitriles is 1. The number of pyridine rings is 1. The van der Waals surface area contributed by atoms with Crippen LogP contribution in [0.2, 0.25) is 0 Å². The minimum absolute atomic E-state index is 0.160. The van der Waals surface area contributed by atoms with Crippen molar-refractivity contribution in [1.29, 1.82) is 5.26 Å². The molecule has 1 aromatic carbocycles. The highest BCUT2D eigenvalue weighted by molar-refractivity contribution is 6.02. The minimum atomic E-state index is -2.43. The van der Waals surface area contributed by atoms with Crippen LogP contribution in [0.1, 0.15) is 22.5 Å². The molecule has 1 amide bonds. The first-order valence-corrected chi connectivity index (χ1v) is 8.50. The lowest BCUT2D eigenvalue weighted by molar-refractivity contribution is 0.0954. The van der Waals surface area contributed by atoms with Crippen molar-refractivity contribution in [2.75, 3.05) is 18.5 Å². The standard InChI is InChI=1S/C13H8FN3O.C6H10F2N2O/c14-10-2-4-11(5-3-10)17-13(18)12-6-1-9(7-15)8-16-12;7-6(8)4-1-2-11-3-5(9)10-4/h1-6,8H,(H,17,18);4,6H,1-3H2,(H2,9,10). The number of halogens is 3. The molecule has 1 aliphatic heterocycles. The number of alkyl halides is 2. The van der Waals surface area contributed by atoms with Crippen molar-refractivity contribution in [2.24, 2.45) is 10.7 Å². The largest absolute Gasteiger partial charge is 0.386 e. The van der Waals surface area contributed by atoms with Crippen LogP contribution in [0, 0.1) is 17.1 Å². The molecule has 0 aliphatic carbocycles. The molecule has 0 radical (unpaired) electrons. The number of amidine groups is 1. The van der Waals surface area contributed by atoms with E-state index < -0.39 is 18.4 Å². The molecule has 3 N–H and O–H groups in total. The smallest absolute Gasteiger partial charge is 0.274 e. The summed E-state index contributed by atoms with van der Waals surface area (Å²) in [5.74, 6) is -0.622. The molecule has 10 heteroatoms. The number of aliphatic imine (C=N–C) groups is 1. The number of amides is 1.